The van der Waals surface area contributed by atoms with Crippen molar-refractivity contribution in [3.63, 3.8) is 0 Å². The van der Waals surface area contributed by atoms with Crippen LogP contribution >= 0.6 is 0 Å². The van der Waals surface area contributed by atoms with E-state index in [-0.39, 0.29) is 0 Å². The number of unbranched alkanes of at least 4 members (excludes halogenated alkanes) is 17. The number of hydrogen-bond acceptors (Lipinski definition) is 2. The summed E-state index contributed by atoms with van der Waals surface area (Å²) in [4.78, 5) is 5.22. The smallest absolute Gasteiger partial charge is 0.101 e. The van der Waals surface area contributed by atoms with Gasteiger partial charge in [-0.2, -0.15) is 0 Å². The molecular weight excluding hydrogens is 376 g/mol. The molecule has 1 heterocycles. The van der Waals surface area contributed by atoms with Crippen molar-refractivity contribution in [3.05, 3.63) is 12.4 Å². The van der Waals surface area contributed by atoms with Crippen LogP contribution in [0.1, 0.15) is 156 Å². The molecule has 0 aromatic heterocycles. The monoisotopic (exact) mass is 434 g/mol. The molecule has 0 fully saturated rings. The van der Waals surface area contributed by atoms with Crippen molar-refractivity contribution in [2.75, 3.05) is 6.54 Å². The van der Waals surface area contributed by atoms with Gasteiger partial charge < -0.3 is 9.80 Å². The predicted molar refractivity (Wildman–Crippen MR) is 140 cm³/mol. The zero-order valence-electron chi connectivity index (χ0n) is 22.1. The van der Waals surface area contributed by atoms with Gasteiger partial charge in [0.2, 0.25) is 0 Å². The van der Waals surface area contributed by atoms with Crippen molar-refractivity contribution in [2.24, 2.45) is 0 Å². The van der Waals surface area contributed by atoms with Crippen molar-refractivity contribution in [2.45, 2.75) is 168 Å². The highest BCUT2D eigenvalue weighted by molar-refractivity contribution is 4.98. The SMILES string of the molecule is CCCCCCCCCCCCCCCCC1N(CCCCCCC)C=CN1C(C)C. The van der Waals surface area contributed by atoms with E-state index < -0.39 is 0 Å². The summed E-state index contributed by atoms with van der Waals surface area (Å²) in [5.74, 6) is 0. The van der Waals surface area contributed by atoms with Crippen LogP contribution in [0.4, 0.5) is 0 Å². The van der Waals surface area contributed by atoms with E-state index in [2.05, 4.69) is 49.9 Å². The Morgan fingerprint density at radius 2 is 0.968 bits per heavy atom. The maximum atomic E-state index is 2.63. The minimum absolute atomic E-state index is 0.609. The Kier molecular flexibility index (Phi) is 18.3. The summed E-state index contributed by atoms with van der Waals surface area (Å²) in [6.07, 6.45) is 33.8. The van der Waals surface area contributed by atoms with Crippen LogP contribution in [0.5, 0.6) is 0 Å². The fourth-order valence-corrected chi connectivity index (χ4v) is 5.01. The second-order valence-electron chi connectivity index (χ2n) is 10.4. The van der Waals surface area contributed by atoms with Crippen molar-refractivity contribution in [1.82, 2.24) is 9.80 Å². The first-order valence-electron chi connectivity index (χ1n) is 14.4. The molecule has 0 bridgehead atoms. The van der Waals surface area contributed by atoms with Crippen LogP contribution in [0.3, 0.4) is 0 Å². The molecule has 1 atom stereocenters. The fourth-order valence-electron chi connectivity index (χ4n) is 5.01. The van der Waals surface area contributed by atoms with Gasteiger partial charge in [-0.1, -0.05) is 123 Å². The Labute approximate surface area is 197 Å². The lowest BCUT2D eigenvalue weighted by Crippen LogP contribution is -2.42. The maximum Gasteiger partial charge on any atom is 0.101 e. The molecule has 0 aliphatic carbocycles. The van der Waals surface area contributed by atoms with E-state index >= 15 is 0 Å². The molecule has 0 saturated carbocycles. The second kappa shape index (κ2) is 20.0. The van der Waals surface area contributed by atoms with Crippen molar-refractivity contribution >= 4 is 0 Å². The van der Waals surface area contributed by atoms with Gasteiger partial charge >= 0.3 is 0 Å². The summed E-state index contributed by atoms with van der Waals surface area (Å²) in [5.41, 5.74) is 0. The molecular formula is C29H58N2. The van der Waals surface area contributed by atoms with Crippen LogP contribution in [-0.2, 0) is 0 Å². The highest BCUT2D eigenvalue weighted by Gasteiger charge is 2.26. The van der Waals surface area contributed by atoms with Crippen LogP contribution in [-0.4, -0.2) is 28.6 Å². The average molecular weight is 435 g/mol. The zero-order valence-corrected chi connectivity index (χ0v) is 22.1. The molecule has 31 heavy (non-hydrogen) atoms. The molecule has 0 amide bonds. The predicted octanol–water partition coefficient (Wildman–Crippen LogP) is 9.65. The van der Waals surface area contributed by atoms with E-state index in [4.69, 9.17) is 0 Å². The fraction of sp³-hybridized carbons (Fsp3) is 0.931. The Hall–Kier alpha value is -0.660. The average Bonchev–Trinajstić information content (AvgIpc) is 3.17. The standard InChI is InChI=1S/C29H58N2/c1-5-7-9-11-12-13-14-15-16-17-18-19-20-22-24-29-30(25-23-21-10-8-6-2)26-27-31(29)28(3)4/h26-29H,5-25H2,1-4H3. The molecule has 0 radical (unpaired) electrons. The molecule has 1 aliphatic heterocycles. The molecule has 0 saturated heterocycles. The highest BCUT2D eigenvalue weighted by Crippen LogP contribution is 2.24. The third kappa shape index (κ3) is 14.2. The number of hydrogen-bond donors (Lipinski definition) is 0. The molecule has 1 aliphatic rings. The molecule has 0 aromatic rings. The lowest BCUT2D eigenvalue weighted by molar-refractivity contribution is 0.114. The van der Waals surface area contributed by atoms with Crippen LogP contribution in [0, 0.1) is 0 Å². The van der Waals surface area contributed by atoms with Crippen LogP contribution < -0.4 is 0 Å². The van der Waals surface area contributed by atoms with E-state index in [0.29, 0.717) is 12.2 Å². The molecule has 184 valence electrons. The minimum Gasteiger partial charge on any atom is -0.356 e. The van der Waals surface area contributed by atoms with Gasteiger partial charge in [0, 0.05) is 25.0 Å². The maximum absolute atomic E-state index is 2.63. The van der Waals surface area contributed by atoms with Gasteiger partial charge in [0.15, 0.2) is 0 Å². The summed E-state index contributed by atoms with van der Waals surface area (Å²) < 4.78 is 0. The van der Waals surface area contributed by atoms with Crippen molar-refractivity contribution in [3.8, 4) is 0 Å². The Bertz CT molecular complexity index is 404. The summed E-state index contributed by atoms with van der Waals surface area (Å²) in [5, 5.41) is 0. The summed E-state index contributed by atoms with van der Waals surface area (Å²) in [7, 11) is 0. The Morgan fingerprint density at radius 3 is 1.42 bits per heavy atom. The van der Waals surface area contributed by atoms with E-state index in [0.717, 1.165) is 0 Å². The van der Waals surface area contributed by atoms with Gasteiger partial charge in [-0.3, -0.25) is 0 Å². The summed E-state index contributed by atoms with van der Waals surface area (Å²) >= 11 is 0. The Morgan fingerprint density at radius 1 is 0.548 bits per heavy atom. The van der Waals surface area contributed by atoms with Crippen LogP contribution in [0.2, 0.25) is 0 Å². The van der Waals surface area contributed by atoms with E-state index in [1.807, 2.05) is 0 Å². The van der Waals surface area contributed by atoms with Gasteiger partial charge in [0.1, 0.15) is 6.17 Å². The largest absolute Gasteiger partial charge is 0.356 e. The normalized spacial score (nSPS) is 16.2. The van der Waals surface area contributed by atoms with E-state index in [9.17, 15) is 0 Å². The van der Waals surface area contributed by atoms with Crippen LogP contribution in [0.15, 0.2) is 12.4 Å². The minimum atomic E-state index is 0.609. The van der Waals surface area contributed by atoms with Gasteiger partial charge in [-0.15, -0.1) is 0 Å². The molecule has 2 nitrogen and oxygen atoms in total. The first-order valence-corrected chi connectivity index (χ1v) is 14.4. The molecule has 0 N–H and O–H groups in total. The van der Waals surface area contributed by atoms with E-state index in [1.54, 1.807) is 0 Å². The number of nitrogens with zero attached hydrogens (tertiary/aromatic N) is 2. The highest BCUT2D eigenvalue weighted by atomic mass is 15.4. The molecule has 1 rings (SSSR count). The Balaban J connectivity index is 2.03. The molecule has 0 aromatic carbocycles. The van der Waals surface area contributed by atoms with Gasteiger partial charge in [0.25, 0.3) is 0 Å². The van der Waals surface area contributed by atoms with Crippen LogP contribution in [0.25, 0.3) is 0 Å². The van der Waals surface area contributed by atoms with Gasteiger partial charge in [0.05, 0.1) is 0 Å². The van der Waals surface area contributed by atoms with Gasteiger partial charge in [-0.25, -0.2) is 0 Å². The molecule has 2 heteroatoms. The quantitative estimate of drug-likeness (QED) is 0.156. The second-order valence-corrected chi connectivity index (χ2v) is 10.4. The molecule has 1 unspecified atom stereocenters. The lowest BCUT2D eigenvalue weighted by atomic mass is 10.0. The first-order chi connectivity index (χ1) is 15.2. The third-order valence-electron chi connectivity index (χ3n) is 7.09. The summed E-state index contributed by atoms with van der Waals surface area (Å²) in [6, 6.07) is 0.609. The van der Waals surface area contributed by atoms with Crippen molar-refractivity contribution < 1.29 is 0 Å². The first kappa shape index (κ1) is 28.4. The lowest BCUT2D eigenvalue weighted by Gasteiger charge is -2.35. The topological polar surface area (TPSA) is 6.48 Å². The van der Waals surface area contributed by atoms with Crippen molar-refractivity contribution in [1.29, 1.82) is 0 Å². The van der Waals surface area contributed by atoms with Gasteiger partial charge in [-0.05, 0) is 33.1 Å². The van der Waals surface area contributed by atoms with E-state index in [1.165, 1.54) is 135 Å². The third-order valence-corrected chi connectivity index (χ3v) is 7.09. The molecule has 0 spiro atoms. The zero-order chi connectivity index (χ0) is 22.6. The summed E-state index contributed by atoms with van der Waals surface area (Å²) in [6.45, 7) is 10.5. The number of rotatable bonds is 22.